The first-order valence-corrected chi connectivity index (χ1v) is 9.38. The van der Waals surface area contributed by atoms with Crippen molar-refractivity contribution in [1.82, 2.24) is 15.1 Å². The van der Waals surface area contributed by atoms with Crippen molar-refractivity contribution in [3.05, 3.63) is 23.8 Å². The Balaban J connectivity index is 2.60. The molecule has 0 spiro atoms. The minimum atomic E-state index is 0.574. The topological polar surface area (TPSA) is 37.0 Å². The summed E-state index contributed by atoms with van der Waals surface area (Å²) < 4.78 is 11.6. The molecule has 0 amide bonds. The lowest BCUT2D eigenvalue weighted by molar-refractivity contribution is 0.243. The van der Waals surface area contributed by atoms with Crippen LogP contribution >= 0.6 is 0 Å². The summed E-state index contributed by atoms with van der Waals surface area (Å²) in [5, 5.41) is 3.57. The van der Waals surface area contributed by atoms with Gasteiger partial charge in [0.1, 0.15) is 6.61 Å². The third-order valence-corrected chi connectivity index (χ3v) is 4.17. The molecule has 1 atom stereocenters. The van der Waals surface area contributed by atoms with Gasteiger partial charge in [-0.25, -0.2) is 0 Å². The van der Waals surface area contributed by atoms with E-state index in [4.69, 9.17) is 9.47 Å². The summed E-state index contributed by atoms with van der Waals surface area (Å²) in [5.41, 5.74) is 1.22. The van der Waals surface area contributed by atoms with Crippen molar-refractivity contribution >= 4 is 0 Å². The fourth-order valence-electron chi connectivity index (χ4n) is 2.65. The molecule has 0 aliphatic heterocycles. The van der Waals surface area contributed by atoms with Crippen LogP contribution in [0, 0.1) is 0 Å². The Morgan fingerprint density at radius 3 is 2.40 bits per heavy atom. The van der Waals surface area contributed by atoms with Gasteiger partial charge >= 0.3 is 0 Å². The Hall–Kier alpha value is -1.30. The first-order chi connectivity index (χ1) is 12.0. The maximum atomic E-state index is 5.87. The van der Waals surface area contributed by atoms with E-state index < -0.39 is 0 Å². The molecule has 5 heteroatoms. The summed E-state index contributed by atoms with van der Waals surface area (Å²) in [6.45, 7) is 8.25. The fraction of sp³-hybridized carbons (Fsp3) is 0.700. The van der Waals surface area contributed by atoms with Gasteiger partial charge in [-0.05, 0) is 59.2 Å². The van der Waals surface area contributed by atoms with E-state index in [0.717, 1.165) is 31.1 Å². The zero-order valence-corrected chi connectivity index (χ0v) is 17.0. The molecule has 0 heterocycles. The second-order valence-electron chi connectivity index (χ2n) is 6.90. The minimum absolute atomic E-state index is 0.574. The van der Waals surface area contributed by atoms with E-state index in [9.17, 15) is 0 Å². The molecule has 0 saturated carbocycles. The Morgan fingerprint density at radius 1 is 1.04 bits per heavy atom. The highest BCUT2D eigenvalue weighted by Gasteiger charge is 2.10. The van der Waals surface area contributed by atoms with Crippen LogP contribution < -0.4 is 14.8 Å². The first-order valence-electron chi connectivity index (χ1n) is 9.38. The summed E-state index contributed by atoms with van der Waals surface area (Å²) in [6.07, 6.45) is 2.42. The fourth-order valence-corrected chi connectivity index (χ4v) is 2.65. The molecule has 1 aromatic rings. The van der Waals surface area contributed by atoms with Gasteiger partial charge in [0, 0.05) is 25.7 Å². The standard InChI is InChI=1S/C20H37N3O2/c1-7-9-18(23(5)6)16-21-15-17-10-11-19(20(14-17)24-8-2)25-13-12-22(3)4/h10-11,14,18,21H,7-9,12-13,15-16H2,1-6H3. The van der Waals surface area contributed by atoms with Gasteiger partial charge in [-0.3, -0.25) is 0 Å². The third-order valence-electron chi connectivity index (χ3n) is 4.17. The Labute approximate surface area is 154 Å². The summed E-state index contributed by atoms with van der Waals surface area (Å²) in [6, 6.07) is 6.80. The van der Waals surface area contributed by atoms with E-state index in [1.165, 1.54) is 18.4 Å². The average molecular weight is 352 g/mol. The lowest BCUT2D eigenvalue weighted by Gasteiger charge is -2.24. The van der Waals surface area contributed by atoms with E-state index in [-0.39, 0.29) is 0 Å². The summed E-state index contributed by atoms with van der Waals surface area (Å²) >= 11 is 0. The van der Waals surface area contributed by atoms with Gasteiger partial charge in [0.05, 0.1) is 6.61 Å². The Kier molecular flexibility index (Phi) is 10.5. The van der Waals surface area contributed by atoms with Crippen molar-refractivity contribution < 1.29 is 9.47 Å². The van der Waals surface area contributed by atoms with Gasteiger partial charge in [-0.2, -0.15) is 0 Å². The number of likely N-dealkylation sites (N-methyl/N-ethyl adjacent to an activating group) is 2. The largest absolute Gasteiger partial charge is 0.490 e. The van der Waals surface area contributed by atoms with E-state index in [2.05, 4.69) is 48.3 Å². The average Bonchev–Trinajstić information content (AvgIpc) is 2.55. The van der Waals surface area contributed by atoms with Gasteiger partial charge in [0.25, 0.3) is 0 Å². The number of nitrogens with one attached hydrogen (secondary N) is 1. The summed E-state index contributed by atoms with van der Waals surface area (Å²) in [5.74, 6) is 1.66. The second-order valence-corrected chi connectivity index (χ2v) is 6.90. The Morgan fingerprint density at radius 2 is 1.80 bits per heavy atom. The maximum absolute atomic E-state index is 5.87. The molecule has 0 radical (unpaired) electrons. The van der Waals surface area contributed by atoms with Gasteiger partial charge in [0.15, 0.2) is 11.5 Å². The Bertz CT molecular complexity index is 478. The molecule has 5 nitrogen and oxygen atoms in total. The zero-order chi connectivity index (χ0) is 18.7. The molecule has 1 N–H and O–H groups in total. The second kappa shape index (κ2) is 12.1. The highest BCUT2D eigenvalue weighted by Crippen LogP contribution is 2.28. The first kappa shape index (κ1) is 21.7. The number of ether oxygens (including phenoxy) is 2. The number of benzene rings is 1. The van der Waals surface area contributed by atoms with E-state index in [1.807, 2.05) is 27.1 Å². The smallest absolute Gasteiger partial charge is 0.161 e. The molecular formula is C20H37N3O2. The van der Waals surface area contributed by atoms with Crippen LogP contribution in [0.25, 0.3) is 0 Å². The van der Waals surface area contributed by atoms with Crippen molar-refractivity contribution in [3.8, 4) is 11.5 Å². The molecule has 0 aliphatic rings. The normalized spacial score (nSPS) is 12.6. The predicted molar refractivity (Wildman–Crippen MR) is 106 cm³/mol. The predicted octanol–water partition coefficient (Wildman–Crippen LogP) is 2.85. The molecule has 25 heavy (non-hydrogen) atoms. The lowest BCUT2D eigenvalue weighted by Crippen LogP contribution is -2.37. The van der Waals surface area contributed by atoms with Crippen LogP contribution in [0.3, 0.4) is 0 Å². The SMILES string of the molecule is CCCC(CNCc1ccc(OCCN(C)C)c(OCC)c1)N(C)C. The van der Waals surface area contributed by atoms with Gasteiger partial charge in [-0.15, -0.1) is 0 Å². The maximum Gasteiger partial charge on any atom is 0.161 e. The summed E-state index contributed by atoms with van der Waals surface area (Å²) in [4.78, 5) is 4.40. The van der Waals surface area contributed by atoms with Crippen LogP contribution in [0.5, 0.6) is 11.5 Å². The number of hydrogen-bond donors (Lipinski definition) is 1. The van der Waals surface area contributed by atoms with Crippen LogP contribution in [0.1, 0.15) is 32.3 Å². The van der Waals surface area contributed by atoms with Crippen LogP contribution in [-0.2, 0) is 6.54 Å². The highest BCUT2D eigenvalue weighted by molar-refractivity contribution is 5.43. The molecule has 0 aromatic heterocycles. The highest BCUT2D eigenvalue weighted by atomic mass is 16.5. The van der Waals surface area contributed by atoms with Crippen LogP contribution in [0.15, 0.2) is 18.2 Å². The zero-order valence-electron chi connectivity index (χ0n) is 17.0. The quantitative estimate of drug-likeness (QED) is 0.591. The van der Waals surface area contributed by atoms with Crippen molar-refractivity contribution in [2.75, 3.05) is 54.5 Å². The molecule has 1 rings (SSSR count). The molecule has 0 bridgehead atoms. The monoisotopic (exact) mass is 351 g/mol. The molecule has 0 fully saturated rings. The van der Waals surface area contributed by atoms with Gasteiger partial charge in [0.2, 0.25) is 0 Å². The van der Waals surface area contributed by atoms with E-state index in [1.54, 1.807) is 0 Å². The van der Waals surface area contributed by atoms with Crippen molar-refractivity contribution in [2.24, 2.45) is 0 Å². The van der Waals surface area contributed by atoms with E-state index in [0.29, 0.717) is 19.3 Å². The molecule has 0 saturated heterocycles. The van der Waals surface area contributed by atoms with Crippen molar-refractivity contribution in [1.29, 1.82) is 0 Å². The number of nitrogens with zero attached hydrogens (tertiary/aromatic N) is 2. The minimum Gasteiger partial charge on any atom is -0.490 e. The van der Waals surface area contributed by atoms with Crippen LogP contribution in [0.4, 0.5) is 0 Å². The van der Waals surface area contributed by atoms with Crippen LogP contribution in [0.2, 0.25) is 0 Å². The number of rotatable bonds is 13. The van der Waals surface area contributed by atoms with Crippen molar-refractivity contribution in [2.45, 2.75) is 39.3 Å². The summed E-state index contributed by atoms with van der Waals surface area (Å²) in [7, 11) is 8.38. The third kappa shape index (κ3) is 8.56. The molecule has 144 valence electrons. The molecule has 1 unspecified atom stereocenters. The lowest BCUT2D eigenvalue weighted by atomic mass is 10.1. The van der Waals surface area contributed by atoms with Gasteiger partial charge in [-0.1, -0.05) is 19.4 Å². The number of hydrogen-bond acceptors (Lipinski definition) is 5. The van der Waals surface area contributed by atoms with Gasteiger partial charge < -0.3 is 24.6 Å². The van der Waals surface area contributed by atoms with Crippen molar-refractivity contribution in [3.63, 3.8) is 0 Å². The molecular weight excluding hydrogens is 314 g/mol. The molecule has 0 aliphatic carbocycles. The van der Waals surface area contributed by atoms with E-state index >= 15 is 0 Å². The molecule has 1 aromatic carbocycles. The van der Waals surface area contributed by atoms with Crippen LogP contribution in [-0.4, -0.2) is 70.3 Å².